The zero-order valence-corrected chi connectivity index (χ0v) is 9.70. The molecule has 1 radical (unpaired) electrons. The van der Waals surface area contributed by atoms with E-state index in [0.717, 1.165) is 11.4 Å². The van der Waals surface area contributed by atoms with Crippen LogP contribution in [0.25, 0.3) is 0 Å². The van der Waals surface area contributed by atoms with Crippen LogP contribution in [0.3, 0.4) is 0 Å². The molecule has 3 heteroatoms. The Kier molecular flexibility index (Phi) is 2.40. The zero-order valence-electron chi connectivity index (χ0n) is 8.95. The van der Waals surface area contributed by atoms with Crippen LogP contribution < -0.4 is 0 Å². The molecule has 1 heterocycles. The maximum atomic E-state index is 5.90. The summed E-state index contributed by atoms with van der Waals surface area (Å²) in [5, 5.41) is 0.801. The lowest BCUT2D eigenvalue weighted by Gasteiger charge is -2.17. The highest BCUT2D eigenvalue weighted by Gasteiger charge is 2.46. The topological polar surface area (TPSA) is 21.6 Å². The molecular weight excluding hydrogens is 222 g/mol. The number of benzene rings is 1. The maximum Gasteiger partial charge on any atom is 0.273 e. The lowest BCUT2D eigenvalue weighted by molar-refractivity contribution is 0.312. The smallest absolute Gasteiger partial charge is 0.273 e. The highest BCUT2D eigenvalue weighted by atomic mass is 35.5. The number of hydrogen-bond acceptors (Lipinski definition) is 2. The second-order valence-electron chi connectivity index (χ2n) is 4.68. The van der Waals surface area contributed by atoms with Crippen LogP contribution in [-0.4, -0.2) is 19.0 Å². The van der Waals surface area contributed by atoms with Crippen molar-refractivity contribution in [2.75, 3.05) is 6.61 Å². The lowest BCUT2D eigenvalue weighted by Crippen LogP contribution is -2.17. The fraction of sp³-hybridized carbons (Fsp3) is 0.462. The first-order chi connectivity index (χ1) is 7.78. The van der Waals surface area contributed by atoms with E-state index < -0.39 is 0 Å². The summed E-state index contributed by atoms with van der Waals surface area (Å²) < 4.78 is 5.05. The molecule has 3 rings (SSSR count). The van der Waals surface area contributed by atoms with Crippen LogP contribution in [0.2, 0.25) is 5.02 Å². The Morgan fingerprint density at radius 2 is 2.12 bits per heavy atom. The average Bonchev–Trinajstić information content (AvgIpc) is 2.88. The van der Waals surface area contributed by atoms with Crippen LogP contribution in [0.5, 0.6) is 0 Å². The Labute approximate surface area is 100 Å². The summed E-state index contributed by atoms with van der Waals surface area (Å²) in [4.78, 5) is 4.21. The molecular formula is C13H13ClNO. The SMILES string of the molecule is Clc1ccc(C2(CC3CO[C]=N3)CC2)cc1. The van der Waals surface area contributed by atoms with Crippen LogP contribution in [0, 0.1) is 0 Å². The van der Waals surface area contributed by atoms with Crippen molar-refractivity contribution in [3.63, 3.8) is 0 Å². The highest BCUT2D eigenvalue weighted by Crippen LogP contribution is 2.52. The van der Waals surface area contributed by atoms with Gasteiger partial charge in [0.2, 0.25) is 0 Å². The molecule has 1 atom stereocenters. The van der Waals surface area contributed by atoms with Crippen LogP contribution in [0.15, 0.2) is 29.3 Å². The number of ether oxygens (including phenoxy) is 1. The standard InChI is InChI=1S/C13H13ClNO/c14-11-3-1-10(2-4-11)13(5-6-13)7-12-8-16-9-15-12/h1-4,12H,5-8H2. The van der Waals surface area contributed by atoms with Crippen molar-refractivity contribution in [2.45, 2.75) is 30.7 Å². The minimum absolute atomic E-state index is 0.290. The number of rotatable bonds is 3. The van der Waals surface area contributed by atoms with Crippen molar-refractivity contribution in [1.82, 2.24) is 0 Å². The van der Waals surface area contributed by atoms with Crippen molar-refractivity contribution in [3.05, 3.63) is 34.9 Å². The predicted octanol–water partition coefficient (Wildman–Crippen LogP) is 3.07. The van der Waals surface area contributed by atoms with Crippen molar-refractivity contribution in [1.29, 1.82) is 0 Å². The molecule has 0 saturated heterocycles. The molecule has 1 aliphatic heterocycles. The molecule has 1 aliphatic carbocycles. The third kappa shape index (κ3) is 1.82. The van der Waals surface area contributed by atoms with E-state index in [1.165, 1.54) is 18.4 Å². The van der Waals surface area contributed by atoms with E-state index in [0.29, 0.717) is 12.0 Å². The Balaban J connectivity index is 1.77. The number of aliphatic imine (C=N–C) groups is 1. The predicted molar refractivity (Wildman–Crippen MR) is 64.2 cm³/mol. The third-order valence-corrected chi connectivity index (χ3v) is 3.76. The number of hydrogen-bond donors (Lipinski definition) is 0. The van der Waals surface area contributed by atoms with E-state index >= 15 is 0 Å². The van der Waals surface area contributed by atoms with E-state index in [4.69, 9.17) is 16.3 Å². The second kappa shape index (κ2) is 3.77. The van der Waals surface area contributed by atoms with Crippen LogP contribution >= 0.6 is 11.6 Å². The maximum absolute atomic E-state index is 5.90. The fourth-order valence-corrected chi connectivity index (χ4v) is 2.53. The molecule has 1 saturated carbocycles. The van der Waals surface area contributed by atoms with Gasteiger partial charge in [-0.3, -0.25) is 0 Å². The molecule has 0 N–H and O–H groups in total. The first-order valence-corrected chi connectivity index (χ1v) is 5.99. The van der Waals surface area contributed by atoms with Gasteiger partial charge in [-0.1, -0.05) is 23.7 Å². The molecule has 0 aromatic heterocycles. The van der Waals surface area contributed by atoms with Gasteiger partial charge >= 0.3 is 0 Å². The van der Waals surface area contributed by atoms with Crippen LogP contribution in [0.4, 0.5) is 0 Å². The van der Waals surface area contributed by atoms with E-state index in [1.807, 2.05) is 12.1 Å². The molecule has 0 bridgehead atoms. The summed E-state index contributed by atoms with van der Waals surface area (Å²) in [7, 11) is 0. The number of halogens is 1. The van der Waals surface area contributed by atoms with Crippen molar-refractivity contribution < 1.29 is 4.74 Å². The molecule has 1 unspecified atom stereocenters. The molecule has 16 heavy (non-hydrogen) atoms. The molecule has 0 amide bonds. The summed E-state index contributed by atoms with van der Waals surface area (Å²) in [6.45, 7) is 0.690. The molecule has 2 nitrogen and oxygen atoms in total. The molecule has 1 aromatic carbocycles. The number of nitrogens with zero attached hydrogens (tertiary/aromatic N) is 1. The van der Waals surface area contributed by atoms with E-state index in [2.05, 4.69) is 23.5 Å². The van der Waals surface area contributed by atoms with Gasteiger partial charge in [0, 0.05) is 5.02 Å². The average molecular weight is 235 g/mol. The Bertz CT molecular complexity index is 408. The summed E-state index contributed by atoms with van der Waals surface area (Å²) in [6.07, 6.45) is 6.16. The van der Waals surface area contributed by atoms with Gasteiger partial charge in [0.1, 0.15) is 6.61 Å². The second-order valence-corrected chi connectivity index (χ2v) is 5.11. The van der Waals surface area contributed by atoms with Crippen LogP contribution in [0.1, 0.15) is 24.8 Å². The van der Waals surface area contributed by atoms with Gasteiger partial charge in [0.05, 0.1) is 6.04 Å². The highest BCUT2D eigenvalue weighted by molar-refractivity contribution is 6.30. The van der Waals surface area contributed by atoms with E-state index in [9.17, 15) is 0 Å². The van der Waals surface area contributed by atoms with Crippen molar-refractivity contribution in [2.24, 2.45) is 4.99 Å². The van der Waals surface area contributed by atoms with Gasteiger partial charge in [-0.2, -0.15) is 0 Å². The molecule has 0 spiro atoms. The van der Waals surface area contributed by atoms with E-state index in [1.54, 1.807) is 0 Å². The lowest BCUT2D eigenvalue weighted by atomic mass is 9.89. The normalized spacial score (nSPS) is 25.4. The van der Waals surface area contributed by atoms with Crippen molar-refractivity contribution in [3.8, 4) is 0 Å². The van der Waals surface area contributed by atoms with E-state index in [-0.39, 0.29) is 6.04 Å². The largest absolute Gasteiger partial charge is 0.472 e. The monoisotopic (exact) mass is 234 g/mol. The zero-order chi connectivity index (χ0) is 11.0. The summed E-state index contributed by atoms with van der Waals surface area (Å²) in [6, 6.07) is 8.50. The first kappa shape index (κ1) is 10.2. The van der Waals surface area contributed by atoms with Gasteiger partial charge in [-0.15, -0.1) is 0 Å². The quantitative estimate of drug-likeness (QED) is 0.788. The molecule has 83 valence electrons. The molecule has 1 fully saturated rings. The first-order valence-electron chi connectivity index (χ1n) is 5.61. The molecule has 1 aromatic rings. The minimum atomic E-state index is 0.290. The minimum Gasteiger partial charge on any atom is -0.472 e. The summed E-state index contributed by atoms with van der Waals surface area (Å²) in [5.41, 5.74) is 1.72. The Morgan fingerprint density at radius 3 is 2.69 bits per heavy atom. The van der Waals surface area contributed by atoms with Gasteiger partial charge in [-0.05, 0) is 42.4 Å². The Morgan fingerprint density at radius 1 is 1.38 bits per heavy atom. The van der Waals surface area contributed by atoms with Crippen molar-refractivity contribution >= 4 is 18.0 Å². The van der Waals surface area contributed by atoms with Gasteiger partial charge in [0.25, 0.3) is 6.40 Å². The van der Waals surface area contributed by atoms with Gasteiger partial charge in [-0.25, -0.2) is 4.99 Å². The molecule has 2 aliphatic rings. The Hall–Kier alpha value is -1.02. The fourth-order valence-electron chi connectivity index (χ4n) is 2.40. The van der Waals surface area contributed by atoms with Gasteiger partial charge in [0.15, 0.2) is 0 Å². The van der Waals surface area contributed by atoms with Gasteiger partial charge < -0.3 is 4.74 Å². The summed E-state index contributed by atoms with van der Waals surface area (Å²) >= 11 is 5.90. The third-order valence-electron chi connectivity index (χ3n) is 3.51. The summed E-state index contributed by atoms with van der Waals surface area (Å²) in [5.74, 6) is 0. The van der Waals surface area contributed by atoms with Crippen LogP contribution in [-0.2, 0) is 10.2 Å².